The number of carboxylic acids is 1. The minimum atomic E-state index is -4.64. The lowest BCUT2D eigenvalue weighted by atomic mass is 10.2. The molecule has 30 nitrogen and oxygen atoms in total. The fourth-order valence-corrected chi connectivity index (χ4v) is 6.06. The number of furan rings is 4. The number of hydrogen-bond acceptors (Lipinski definition) is 22. The average molecular weight is 1270 g/mol. The topological polar surface area (TPSA) is 447 Å². The molecular weight excluding hydrogens is 1200 g/mol. The highest BCUT2D eigenvalue weighted by molar-refractivity contribution is 7.53. The van der Waals surface area contributed by atoms with Crippen molar-refractivity contribution in [2.75, 3.05) is 39.5 Å². The summed E-state index contributed by atoms with van der Waals surface area (Å²) in [5.74, 6) is -2.16. The molecule has 0 atom stereocenters. The second-order valence-electron chi connectivity index (χ2n) is 17.8. The Balaban J connectivity index is 0. The summed E-state index contributed by atoms with van der Waals surface area (Å²) in [6.07, 6.45) is -1.32. The second-order valence-corrected chi connectivity index (χ2v) is 19.3. The van der Waals surface area contributed by atoms with Crippen LogP contribution >= 0.6 is 7.75 Å². The summed E-state index contributed by atoms with van der Waals surface area (Å²) < 4.78 is 96.4. The van der Waals surface area contributed by atoms with Gasteiger partial charge in [0.25, 0.3) is 5.91 Å². The minimum Gasteiger partial charge on any atom is -0.478 e. The maximum Gasteiger partial charge on any atom is 0.525 e. The summed E-state index contributed by atoms with van der Waals surface area (Å²) in [6, 6.07) is 22.5. The molecule has 34 heteroatoms. The van der Waals surface area contributed by atoms with Crippen LogP contribution in [0.5, 0.6) is 11.5 Å². The number of nitrogens with one attached hydrogen (secondary N) is 1. The van der Waals surface area contributed by atoms with E-state index in [2.05, 4.69) is 44.1 Å². The van der Waals surface area contributed by atoms with Crippen molar-refractivity contribution < 1.29 is 117 Å². The van der Waals surface area contributed by atoms with E-state index in [1.807, 2.05) is 0 Å². The highest BCUT2D eigenvalue weighted by Crippen LogP contribution is 2.50. The number of aromatic carboxylic acids is 1. The summed E-state index contributed by atoms with van der Waals surface area (Å²) in [5.41, 5.74) is 21.8. The molecule has 480 valence electrons. The maximum atomic E-state index is 12.3. The van der Waals surface area contributed by atoms with E-state index in [4.69, 9.17) is 63.3 Å². The number of nitrogen functional groups attached to an aromatic ring is 1. The first-order chi connectivity index (χ1) is 40.7. The van der Waals surface area contributed by atoms with Gasteiger partial charge < -0.3 is 66.3 Å². The van der Waals surface area contributed by atoms with Crippen LogP contribution in [0.15, 0.2) is 138 Å². The fraction of sp³-hybridized carbons (Fsp3) is 0.333. The van der Waals surface area contributed by atoms with Crippen molar-refractivity contribution in [1.82, 2.24) is 0 Å². The number of hydrogen-bond donors (Lipinski definition) is 4. The number of esters is 4. The maximum absolute atomic E-state index is 12.3. The number of methoxy groups -OCH3 is 4. The fourth-order valence-electron chi connectivity index (χ4n) is 5.07. The molecule has 0 aliphatic heterocycles. The molecule has 0 unspecified atom stereocenters. The first kappa shape index (κ1) is 79.6. The highest BCUT2D eigenvalue weighted by Gasteiger charge is 2.27. The summed E-state index contributed by atoms with van der Waals surface area (Å²) in [7, 11) is 1.10. The van der Waals surface area contributed by atoms with Crippen LogP contribution in [-0.4, -0.2) is 104 Å². The number of ether oxygens (including phenoxy) is 5. The van der Waals surface area contributed by atoms with E-state index in [9.17, 15) is 51.3 Å². The third-order valence-corrected chi connectivity index (χ3v) is 9.77. The number of azide groups is 2. The lowest BCUT2D eigenvalue weighted by Crippen LogP contribution is -2.27. The lowest BCUT2D eigenvalue weighted by molar-refractivity contribution is -0.156. The van der Waals surface area contributed by atoms with E-state index < -0.39 is 67.3 Å². The van der Waals surface area contributed by atoms with Crippen LogP contribution in [0.1, 0.15) is 92.7 Å². The molecule has 0 radical (unpaired) electrons. The van der Waals surface area contributed by atoms with Crippen molar-refractivity contribution >= 4 is 67.3 Å². The van der Waals surface area contributed by atoms with Gasteiger partial charge in [0, 0.05) is 20.8 Å². The van der Waals surface area contributed by atoms with Crippen molar-refractivity contribution in [3.8, 4) is 11.5 Å². The Morgan fingerprint density at radius 1 is 0.625 bits per heavy atom. The smallest absolute Gasteiger partial charge is 0.478 e. The van der Waals surface area contributed by atoms with E-state index in [0.717, 1.165) is 0 Å². The predicted octanol–water partition coefficient (Wildman–Crippen LogP) is 11.8. The summed E-state index contributed by atoms with van der Waals surface area (Å²) in [5, 5.41) is 22.6. The van der Waals surface area contributed by atoms with Crippen molar-refractivity contribution in [3.63, 3.8) is 0 Å². The molecule has 4 heterocycles. The van der Waals surface area contributed by atoms with E-state index in [1.165, 1.54) is 65.6 Å². The monoisotopic (exact) mass is 1270 g/mol. The Hall–Kier alpha value is -10.5. The molecule has 0 bridgehead atoms. The Kier molecular flexibility index (Phi) is 36.8. The molecule has 2 amide bonds. The number of alkyl halides is 3. The third kappa shape index (κ3) is 37.0. The number of aliphatic hydroxyl groups is 1. The zero-order chi connectivity index (χ0) is 66.4. The van der Waals surface area contributed by atoms with E-state index in [1.54, 1.807) is 114 Å². The number of nitrogens with zero attached hydrogens (tertiary/aromatic N) is 6. The van der Waals surface area contributed by atoms with Gasteiger partial charge in [-0.2, -0.15) is 13.2 Å². The molecule has 6 aromatic rings. The molecule has 6 rings (SSSR count). The van der Waals surface area contributed by atoms with E-state index in [0.29, 0.717) is 34.4 Å². The summed E-state index contributed by atoms with van der Waals surface area (Å²) in [4.78, 5) is 93.5. The van der Waals surface area contributed by atoms with Gasteiger partial charge in [-0.1, -0.05) is 43.8 Å². The number of carbonyl (C=O) groups excluding carboxylic acids is 7. The van der Waals surface area contributed by atoms with Crippen LogP contribution < -0.4 is 20.1 Å². The van der Waals surface area contributed by atoms with Crippen LogP contribution in [0.3, 0.4) is 0 Å². The van der Waals surface area contributed by atoms with Gasteiger partial charge in [0.15, 0.2) is 0 Å². The first-order valence-corrected chi connectivity index (χ1v) is 25.7. The Morgan fingerprint density at radius 2 is 0.989 bits per heavy atom. The number of carbonyl (C=O) groups is 8. The lowest BCUT2D eigenvalue weighted by Gasteiger charge is -2.19. The zero-order valence-electron chi connectivity index (χ0n) is 48.2. The van der Waals surface area contributed by atoms with Crippen molar-refractivity contribution in [1.29, 1.82) is 0 Å². The Morgan fingerprint density at radius 3 is 1.35 bits per heavy atom. The van der Waals surface area contributed by atoms with E-state index >= 15 is 0 Å². The van der Waals surface area contributed by atoms with Crippen molar-refractivity contribution in [2.45, 2.75) is 92.0 Å². The van der Waals surface area contributed by atoms with Crippen LogP contribution in [0.25, 0.3) is 20.9 Å². The zero-order valence-corrected chi connectivity index (χ0v) is 49.1. The van der Waals surface area contributed by atoms with Gasteiger partial charge in [-0.15, -0.1) is 0 Å². The molecule has 2 aromatic carbocycles. The Bertz CT molecular complexity index is 3210. The molecule has 0 saturated heterocycles. The number of para-hydroxylation sites is 2. The van der Waals surface area contributed by atoms with Gasteiger partial charge >= 0.3 is 49.9 Å². The minimum absolute atomic E-state index is 0. The van der Waals surface area contributed by atoms with Crippen LogP contribution in [0.4, 0.5) is 29.3 Å². The molecule has 0 fully saturated rings. The summed E-state index contributed by atoms with van der Waals surface area (Å²) >= 11 is 0. The molecule has 0 aliphatic rings. The third-order valence-electron chi connectivity index (χ3n) is 8.59. The number of rotatable bonds is 16. The Labute approximate surface area is 500 Å². The number of nitrogens with two attached hydrogens (primary N) is 1. The van der Waals surface area contributed by atoms with Gasteiger partial charge in [-0.05, 0) is 100 Å². The standard InChI is InChI=1S/C12H10N3O3P.C12H17NO5.C8H7N3O4.C8H8O5.C7H9NO3.C4H10O.C2HF3O.CH4/c13-14-15-19(16,17-11-7-3-1-4-8-11)18-12-9-5-2-6-10-12;1-12(2,3)18-11(15)13-8-5-6-17-9(8)7-10(14)16-4;1-14-7(12)4-6-5(2-3-15-6)8(13)10-11-9;1-12-7(9)4-6-5(8(10)11)2-3-13-6;1-10-7(9)4-6-5(8)2-3-11-6;1-4(2,3)5;3-2(4,5)1-6;/h1-10H;5-6H,7H2,1-4H3,(H,13,15);2-3H,4H2,1H3;2-3H,4H2,1H3,(H,10,11);2-3H,4,8H2,1H3;5H,1-3H3;1H;1H4. The normalized spacial score (nSPS) is 10.1. The second kappa shape index (κ2) is 40.7. The van der Waals surface area contributed by atoms with Crippen LogP contribution in [0.2, 0.25) is 0 Å². The number of anilines is 2. The van der Waals surface area contributed by atoms with Crippen molar-refractivity contribution in [3.05, 3.63) is 165 Å². The number of amides is 2. The quantitative estimate of drug-likeness (QED) is 0.0133. The first-order valence-electron chi connectivity index (χ1n) is 24.2. The predicted molar refractivity (Wildman–Crippen MR) is 304 cm³/mol. The highest BCUT2D eigenvalue weighted by atomic mass is 31.2. The van der Waals surface area contributed by atoms with E-state index in [-0.39, 0.29) is 61.7 Å². The molecule has 0 saturated carbocycles. The molecule has 0 aliphatic carbocycles. The van der Waals surface area contributed by atoms with Crippen molar-refractivity contribution in [2.24, 2.45) is 10.00 Å². The van der Waals surface area contributed by atoms with Gasteiger partial charge in [-0.3, -0.25) is 34.1 Å². The number of benzene rings is 2. The molecule has 5 N–H and O–H groups in total. The largest absolute Gasteiger partial charge is 0.525 e. The molecular formula is C54H66F3N8O22P. The van der Waals surface area contributed by atoms with Gasteiger partial charge in [0.1, 0.15) is 71.4 Å². The summed E-state index contributed by atoms with van der Waals surface area (Å²) in [6.45, 7) is 10.5. The number of carboxylic acid groups (broad SMARTS) is 1. The number of halogens is 3. The van der Waals surface area contributed by atoms with Crippen LogP contribution in [-0.2, 0) is 77.9 Å². The SMILES string of the molecule is C.CC(C)(C)O.COC(=O)Cc1occc1C(=O)N=[N+]=[N-].COC(=O)Cc1occc1C(=O)O.COC(=O)Cc1occc1N.COC(=O)Cc1occc1NC(=O)OC(C)(C)C.O=CC(F)(F)F.[N-]=[N+]=NP(=O)(Oc1ccccc1)Oc1ccccc1. The molecule has 4 aromatic heterocycles. The van der Waals surface area contributed by atoms with Gasteiger partial charge in [0.05, 0.1) is 76.0 Å². The van der Waals surface area contributed by atoms with Crippen LogP contribution in [0, 0.1) is 0 Å². The number of aldehydes is 1. The van der Waals surface area contributed by atoms with Gasteiger partial charge in [0.2, 0.25) is 6.29 Å². The average Bonchev–Trinajstić information content (AvgIpc) is 4.05. The molecule has 0 spiro atoms. The van der Waals surface area contributed by atoms with Gasteiger partial charge in [-0.25, -0.2) is 14.2 Å². The molecule has 88 heavy (non-hydrogen) atoms.